The highest BCUT2D eigenvalue weighted by atomic mass is 32.1. The summed E-state index contributed by atoms with van der Waals surface area (Å²) in [7, 11) is 0. The molecule has 0 spiro atoms. The van der Waals surface area contributed by atoms with Crippen LogP contribution in [0.25, 0.3) is 11.0 Å². The third-order valence-electron chi connectivity index (χ3n) is 3.16. The molecule has 0 saturated heterocycles. The molecule has 0 radical (unpaired) electrons. The first-order valence-corrected chi connectivity index (χ1v) is 7.57. The first-order valence-electron chi connectivity index (χ1n) is 6.69. The first kappa shape index (κ1) is 13.1. The maximum Gasteiger partial charge on any atom is 0.0890 e. The van der Waals surface area contributed by atoms with Crippen molar-refractivity contribution in [3.63, 3.8) is 0 Å². The summed E-state index contributed by atoms with van der Waals surface area (Å²) in [5.74, 6) is 0. The molecule has 20 heavy (non-hydrogen) atoms. The molecule has 1 atom stereocenters. The first-order chi connectivity index (χ1) is 9.86. The highest BCUT2D eigenvalue weighted by Gasteiger charge is 2.14. The Kier molecular flexibility index (Phi) is 3.99. The number of hydrogen-bond donors (Lipinski definition) is 1. The lowest BCUT2D eigenvalue weighted by atomic mass is 10.1. The molecule has 0 aliphatic rings. The van der Waals surface area contributed by atoms with Crippen molar-refractivity contribution < 1.29 is 0 Å². The fourth-order valence-corrected chi connectivity index (χ4v) is 2.85. The van der Waals surface area contributed by atoms with Crippen molar-refractivity contribution in [1.29, 1.82) is 0 Å². The normalized spacial score (nSPS) is 12.7. The summed E-state index contributed by atoms with van der Waals surface area (Å²) in [5, 5.41) is 3.48. The molecule has 1 N–H and O–H groups in total. The monoisotopic (exact) mass is 284 g/mol. The molecule has 3 aromatic rings. The van der Waals surface area contributed by atoms with Gasteiger partial charge in [0.2, 0.25) is 0 Å². The van der Waals surface area contributed by atoms with Crippen molar-refractivity contribution in [2.24, 2.45) is 0 Å². The van der Waals surface area contributed by atoms with Gasteiger partial charge in [-0.25, -0.2) is 4.98 Å². The molecule has 102 valence electrons. The van der Waals surface area contributed by atoms with Crippen molar-refractivity contribution in [2.75, 3.05) is 6.54 Å². The van der Waals surface area contributed by atoms with Crippen LogP contribution in [0, 0.1) is 0 Å². The topological polar surface area (TPSA) is 50.7 Å². The second kappa shape index (κ2) is 6.07. The van der Waals surface area contributed by atoms with E-state index < -0.39 is 0 Å². The van der Waals surface area contributed by atoms with E-state index in [0.29, 0.717) is 0 Å². The van der Waals surface area contributed by atoms with Crippen LogP contribution in [0.15, 0.2) is 42.2 Å². The highest BCUT2D eigenvalue weighted by molar-refractivity contribution is 7.09. The lowest BCUT2D eigenvalue weighted by Gasteiger charge is -2.16. The molecule has 0 aliphatic carbocycles. The fraction of sp³-hybridized carbons (Fsp3) is 0.267. The zero-order chi connectivity index (χ0) is 13.8. The van der Waals surface area contributed by atoms with Crippen molar-refractivity contribution in [2.45, 2.75) is 19.4 Å². The molecule has 2 heterocycles. The molecule has 1 aromatic carbocycles. The molecule has 0 bridgehead atoms. The third-order valence-corrected chi connectivity index (χ3v) is 3.97. The van der Waals surface area contributed by atoms with Crippen LogP contribution in [0.3, 0.4) is 0 Å². The van der Waals surface area contributed by atoms with Crippen molar-refractivity contribution in [1.82, 2.24) is 20.3 Å². The van der Waals surface area contributed by atoms with E-state index in [1.807, 2.05) is 42.2 Å². The largest absolute Gasteiger partial charge is 0.309 e. The van der Waals surface area contributed by atoms with Gasteiger partial charge in [-0.15, -0.1) is 11.3 Å². The van der Waals surface area contributed by atoms with Gasteiger partial charge >= 0.3 is 0 Å². The molecule has 0 amide bonds. The van der Waals surface area contributed by atoms with Gasteiger partial charge in [0.1, 0.15) is 0 Å². The van der Waals surface area contributed by atoms with Crippen LogP contribution < -0.4 is 5.32 Å². The summed E-state index contributed by atoms with van der Waals surface area (Å²) < 4.78 is 0. The molecule has 4 nitrogen and oxygen atoms in total. The van der Waals surface area contributed by atoms with Gasteiger partial charge in [0.25, 0.3) is 0 Å². The van der Waals surface area contributed by atoms with Crippen LogP contribution in [0.2, 0.25) is 0 Å². The third kappa shape index (κ3) is 2.84. The molecule has 2 aromatic heterocycles. The molecular weight excluding hydrogens is 268 g/mol. The number of hydrogen-bond acceptors (Lipinski definition) is 5. The van der Waals surface area contributed by atoms with E-state index >= 15 is 0 Å². The predicted octanol–water partition coefficient (Wildman–Crippen LogP) is 2.98. The molecular formula is C15H16N4S. The number of nitrogens with zero attached hydrogens (tertiary/aromatic N) is 3. The number of benzene rings is 1. The van der Waals surface area contributed by atoms with Gasteiger partial charge in [-0.1, -0.05) is 19.1 Å². The summed E-state index contributed by atoms with van der Waals surface area (Å²) in [6.45, 7) is 3.01. The van der Waals surface area contributed by atoms with Crippen LogP contribution in [0.5, 0.6) is 0 Å². The maximum absolute atomic E-state index is 4.73. The van der Waals surface area contributed by atoms with Gasteiger partial charge < -0.3 is 5.32 Å². The molecule has 0 saturated carbocycles. The average Bonchev–Trinajstić information content (AvgIpc) is 2.99. The molecule has 0 aliphatic heterocycles. The van der Waals surface area contributed by atoms with Gasteiger partial charge in [-0.3, -0.25) is 9.97 Å². The van der Waals surface area contributed by atoms with E-state index in [0.717, 1.165) is 29.7 Å². The lowest BCUT2D eigenvalue weighted by molar-refractivity contribution is 0.539. The van der Waals surface area contributed by atoms with E-state index in [2.05, 4.69) is 22.2 Å². The lowest BCUT2D eigenvalue weighted by Crippen LogP contribution is -2.23. The minimum absolute atomic E-state index is 0.178. The van der Waals surface area contributed by atoms with Gasteiger partial charge in [-0.2, -0.15) is 0 Å². The maximum atomic E-state index is 4.73. The zero-order valence-corrected chi connectivity index (χ0v) is 12.1. The van der Waals surface area contributed by atoms with Crippen molar-refractivity contribution in [3.05, 3.63) is 52.7 Å². The summed E-state index contributed by atoms with van der Waals surface area (Å²) in [5.41, 5.74) is 4.73. The second-order valence-corrected chi connectivity index (χ2v) is 5.54. The molecule has 0 fully saturated rings. The van der Waals surface area contributed by atoms with Crippen LogP contribution in [0.1, 0.15) is 23.5 Å². The number of thiazole rings is 1. The number of rotatable bonds is 5. The number of likely N-dealkylation sites (N-methyl/N-ethyl adjacent to an activating group) is 1. The average molecular weight is 284 g/mol. The Morgan fingerprint density at radius 2 is 2.05 bits per heavy atom. The summed E-state index contributed by atoms with van der Waals surface area (Å²) >= 11 is 1.68. The number of aromatic nitrogens is 3. The second-order valence-electron chi connectivity index (χ2n) is 4.57. The van der Waals surface area contributed by atoms with E-state index in [9.17, 15) is 0 Å². The van der Waals surface area contributed by atoms with Gasteiger partial charge in [0.05, 0.1) is 34.5 Å². The Hall–Kier alpha value is -1.85. The van der Waals surface area contributed by atoms with Gasteiger partial charge in [0.15, 0.2) is 0 Å². The number of nitrogens with one attached hydrogen (secondary N) is 1. The van der Waals surface area contributed by atoms with Crippen molar-refractivity contribution in [3.8, 4) is 0 Å². The summed E-state index contributed by atoms with van der Waals surface area (Å²) in [6.07, 6.45) is 4.69. The van der Waals surface area contributed by atoms with Gasteiger partial charge in [-0.05, 0) is 18.7 Å². The smallest absolute Gasteiger partial charge is 0.0890 e. The molecule has 3 rings (SSSR count). The Morgan fingerprint density at radius 1 is 1.20 bits per heavy atom. The minimum Gasteiger partial charge on any atom is -0.309 e. The van der Waals surface area contributed by atoms with E-state index in [1.165, 1.54) is 4.88 Å². The quantitative estimate of drug-likeness (QED) is 0.782. The Labute approximate surface area is 121 Å². The van der Waals surface area contributed by atoms with E-state index in [-0.39, 0.29) is 6.04 Å². The van der Waals surface area contributed by atoms with Crippen LogP contribution >= 0.6 is 11.3 Å². The Balaban J connectivity index is 1.91. The van der Waals surface area contributed by atoms with Crippen LogP contribution in [-0.2, 0) is 6.42 Å². The SMILES string of the molecule is CCNC(Cc1cncs1)c1cnc2ccccc2n1. The summed E-state index contributed by atoms with van der Waals surface area (Å²) in [6, 6.07) is 8.14. The minimum atomic E-state index is 0.178. The van der Waals surface area contributed by atoms with Crippen LogP contribution in [-0.4, -0.2) is 21.5 Å². The van der Waals surface area contributed by atoms with Crippen LogP contribution in [0.4, 0.5) is 0 Å². The number of para-hydroxylation sites is 2. The van der Waals surface area contributed by atoms with Gasteiger partial charge in [0, 0.05) is 17.5 Å². The molecule has 1 unspecified atom stereocenters. The molecule has 5 heteroatoms. The van der Waals surface area contributed by atoms with Crippen molar-refractivity contribution >= 4 is 22.4 Å². The highest BCUT2D eigenvalue weighted by Crippen LogP contribution is 2.20. The number of fused-ring (bicyclic) bond motifs is 1. The van der Waals surface area contributed by atoms with E-state index in [1.54, 1.807) is 11.3 Å². The zero-order valence-electron chi connectivity index (χ0n) is 11.3. The fourth-order valence-electron chi connectivity index (χ4n) is 2.21. The van der Waals surface area contributed by atoms with E-state index in [4.69, 9.17) is 4.98 Å². The standard InChI is InChI=1S/C15H16N4S/c1-2-17-14(7-11-8-16-10-20-11)15-9-18-12-5-3-4-6-13(12)19-15/h3-6,8-10,14,17H,2,7H2,1H3. The Bertz CT molecular complexity index is 681. The Morgan fingerprint density at radius 3 is 2.80 bits per heavy atom. The summed E-state index contributed by atoms with van der Waals surface area (Å²) in [4.78, 5) is 14.6. The predicted molar refractivity (Wildman–Crippen MR) is 81.8 cm³/mol.